The average Bonchev–Trinajstić information content (AvgIpc) is 3.45. The third-order valence-corrected chi connectivity index (χ3v) is 4.86. The summed E-state index contributed by atoms with van der Waals surface area (Å²) in [6, 6.07) is 7.53. The number of nitrogens with one attached hydrogen (secondary N) is 1. The van der Waals surface area contributed by atoms with E-state index in [1.807, 2.05) is 28.9 Å². The van der Waals surface area contributed by atoms with E-state index in [0.29, 0.717) is 13.1 Å². The van der Waals surface area contributed by atoms with Crippen molar-refractivity contribution in [3.05, 3.63) is 72.2 Å². The van der Waals surface area contributed by atoms with E-state index >= 15 is 0 Å². The number of halogens is 3. The van der Waals surface area contributed by atoms with Gasteiger partial charge in [0.25, 0.3) is 0 Å². The Kier molecular flexibility index (Phi) is 7.83. The van der Waals surface area contributed by atoms with Crippen LogP contribution >= 0.6 is 0 Å². The Morgan fingerprint density at radius 3 is 2.52 bits per heavy atom. The SMILES string of the molecule is O=C(NCCc1ccncc1)C1CN(Cc2ccoc2)Cc2ccnn21.O=C(O)C(F)(F)F. The minimum atomic E-state index is -5.08. The molecule has 1 aliphatic heterocycles. The number of aromatic nitrogens is 3. The van der Waals surface area contributed by atoms with Crippen LogP contribution in [0.4, 0.5) is 13.2 Å². The highest BCUT2D eigenvalue weighted by Crippen LogP contribution is 2.22. The van der Waals surface area contributed by atoms with Gasteiger partial charge in [-0.3, -0.25) is 19.4 Å². The van der Waals surface area contributed by atoms with Gasteiger partial charge in [-0.1, -0.05) is 0 Å². The van der Waals surface area contributed by atoms with Crippen LogP contribution in [-0.2, 0) is 29.1 Å². The standard InChI is InChI=1S/C19H21N5O2.C2HF3O2/c25-19(21-8-3-15-1-6-20-7-2-15)18-13-23(11-16-5-10-26-14-16)12-17-4-9-22-24(17)18;3-2(4,5)1(6)7/h1-2,4-7,9-10,14,18H,3,8,11-13H2,(H,21,25);(H,6,7). The zero-order chi connectivity index (χ0) is 23.8. The van der Waals surface area contributed by atoms with Crippen molar-refractivity contribution in [3.8, 4) is 0 Å². The first-order valence-corrected chi connectivity index (χ1v) is 9.96. The van der Waals surface area contributed by atoms with E-state index in [1.165, 1.54) is 0 Å². The summed E-state index contributed by atoms with van der Waals surface area (Å²) in [6.45, 7) is 2.74. The number of carbonyl (C=O) groups is 2. The number of fused-ring (bicyclic) bond motifs is 1. The Bertz CT molecular complexity index is 1040. The van der Waals surface area contributed by atoms with E-state index < -0.39 is 12.1 Å². The smallest absolute Gasteiger partial charge is 0.475 e. The van der Waals surface area contributed by atoms with Crippen LogP contribution in [0.15, 0.2) is 59.8 Å². The molecule has 176 valence electrons. The highest BCUT2D eigenvalue weighted by Gasteiger charge is 2.38. The summed E-state index contributed by atoms with van der Waals surface area (Å²) in [6.07, 6.45) is 4.41. The number of carboxylic acid groups (broad SMARTS) is 1. The lowest BCUT2D eigenvalue weighted by Crippen LogP contribution is -2.45. The van der Waals surface area contributed by atoms with Crippen molar-refractivity contribution in [1.82, 2.24) is 25.0 Å². The largest absolute Gasteiger partial charge is 0.490 e. The van der Waals surface area contributed by atoms with Gasteiger partial charge >= 0.3 is 12.1 Å². The van der Waals surface area contributed by atoms with E-state index in [0.717, 1.165) is 36.3 Å². The molecule has 33 heavy (non-hydrogen) atoms. The number of furan rings is 1. The maximum absolute atomic E-state index is 12.8. The summed E-state index contributed by atoms with van der Waals surface area (Å²) >= 11 is 0. The maximum atomic E-state index is 12.8. The second-order valence-electron chi connectivity index (χ2n) is 7.28. The first-order chi connectivity index (χ1) is 15.7. The fourth-order valence-electron chi connectivity index (χ4n) is 3.32. The molecular formula is C21H22F3N5O4. The predicted molar refractivity (Wildman–Crippen MR) is 109 cm³/mol. The van der Waals surface area contributed by atoms with Gasteiger partial charge in [0, 0.05) is 50.3 Å². The van der Waals surface area contributed by atoms with Gasteiger partial charge < -0.3 is 14.8 Å². The summed E-state index contributed by atoms with van der Waals surface area (Å²) in [5.74, 6) is -2.76. The summed E-state index contributed by atoms with van der Waals surface area (Å²) in [7, 11) is 0. The van der Waals surface area contributed by atoms with Gasteiger partial charge in [0.1, 0.15) is 6.04 Å². The van der Waals surface area contributed by atoms with E-state index in [9.17, 15) is 18.0 Å². The lowest BCUT2D eigenvalue weighted by molar-refractivity contribution is -0.192. The number of pyridine rings is 1. The fraction of sp³-hybridized carbons (Fsp3) is 0.333. The van der Waals surface area contributed by atoms with Crippen LogP contribution in [0.3, 0.4) is 0 Å². The van der Waals surface area contributed by atoms with Gasteiger partial charge in [-0.2, -0.15) is 18.3 Å². The van der Waals surface area contributed by atoms with Crippen LogP contribution in [0, 0.1) is 0 Å². The van der Waals surface area contributed by atoms with Gasteiger partial charge in [-0.15, -0.1) is 0 Å². The molecule has 4 heterocycles. The number of alkyl halides is 3. The molecule has 1 aliphatic rings. The van der Waals surface area contributed by atoms with Crippen molar-refractivity contribution in [2.75, 3.05) is 13.1 Å². The summed E-state index contributed by atoms with van der Waals surface area (Å²) in [4.78, 5) is 27.9. The molecule has 0 aliphatic carbocycles. The lowest BCUT2D eigenvalue weighted by Gasteiger charge is -2.32. The molecular weight excluding hydrogens is 443 g/mol. The molecule has 2 N–H and O–H groups in total. The van der Waals surface area contributed by atoms with Crippen molar-refractivity contribution < 1.29 is 32.3 Å². The summed E-state index contributed by atoms with van der Waals surface area (Å²) < 4.78 is 38.7. The minimum Gasteiger partial charge on any atom is -0.475 e. The van der Waals surface area contributed by atoms with Crippen molar-refractivity contribution in [2.45, 2.75) is 31.7 Å². The Balaban J connectivity index is 0.000000383. The van der Waals surface area contributed by atoms with Gasteiger partial charge in [0.05, 0.1) is 18.2 Å². The molecule has 0 saturated heterocycles. The number of aliphatic carboxylic acids is 1. The van der Waals surface area contributed by atoms with Crippen LogP contribution in [0.25, 0.3) is 0 Å². The van der Waals surface area contributed by atoms with Gasteiger partial charge in [0.2, 0.25) is 5.91 Å². The second kappa shape index (κ2) is 10.8. The number of amides is 1. The summed E-state index contributed by atoms with van der Waals surface area (Å²) in [5, 5.41) is 14.5. The molecule has 4 rings (SSSR count). The Morgan fingerprint density at radius 2 is 1.88 bits per heavy atom. The molecule has 3 aromatic heterocycles. The van der Waals surface area contributed by atoms with Crippen LogP contribution in [0.5, 0.6) is 0 Å². The van der Waals surface area contributed by atoms with Gasteiger partial charge in [-0.25, -0.2) is 4.79 Å². The van der Waals surface area contributed by atoms with Crippen molar-refractivity contribution >= 4 is 11.9 Å². The van der Waals surface area contributed by atoms with Crippen LogP contribution in [0.2, 0.25) is 0 Å². The number of rotatable bonds is 6. The average molecular weight is 465 g/mol. The Labute approximate surface area is 186 Å². The quantitative estimate of drug-likeness (QED) is 0.575. The van der Waals surface area contributed by atoms with E-state index in [1.54, 1.807) is 31.1 Å². The van der Waals surface area contributed by atoms with Crippen LogP contribution in [0.1, 0.15) is 22.9 Å². The summed E-state index contributed by atoms with van der Waals surface area (Å²) in [5.41, 5.74) is 3.31. The number of hydrogen-bond acceptors (Lipinski definition) is 6. The molecule has 1 atom stereocenters. The molecule has 0 spiro atoms. The van der Waals surface area contributed by atoms with Crippen LogP contribution < -0.4 is 5.32 Å². The first-order valence-electron chi connectivity index (χ1n) is 9.96. The molecule has 1 amide bonds. The van der Waals surface area contributed by atoms with Crippen LogP contribution in [-0.4, -0.2) is 55.9 Å². The number of carboxylic acids is 1. The fourth-order valence-corrected chi connectivity index (χ4v) is 3.32. The molecule has 0 fully saturated rings. The predicted octanol–water partition coefficient (Wildman–Crippen LogP) is 2.42. The Hall–Kier alpha value is -3.67. The topological polar surface area (TPSA) is 113 Å². The molecule has 0 radical (unpaired) electrons. The van der Waals surface area contributed by atoms with Crippen molar-refractivity contribution in [2.24, 2.45) is 0 Å². The number of nitrogens with zero attached hydrogens (tertiary/aromatic N) is 4. The Morgan fingerprint density at radius 1 is 1.15 bits per heavy atom. The van der Waals surface area contributed by atoms with Gasteiger partial charge in [0.15, 0.2) is 0 Å². The number of carbonyl (C=O) groups excluding carboxylic acids is 1. The molecule has 0 aromatic carbocycles. The monoisotopic (exact) mass is 465 g/mol. The van der Waals surface area contributed by atoms with Crippen molar-refractivity contribution in [3.63, 3.8) is 0 Å². The zero-order valence-corrected chi connectivity index (χ0v) is 17.4. The first kappa shape index (κ1) is 24.0. The van der Waals surface area contributed by atoms with E-state index in [-0.39, 0.29) is 11.9 Å². The van der Waals surface area contributed by atoms with E-state index in [2.05, 4.69) is 20.3 Å². The third-order valence-electron chi connectivity index (χ3n) is 4.86. The lowest BCUT2D eigenvalue weighted by atomic mass is 10.1. The molecule has 0 bridgehead atoms. The zero-order valence-electron chi connectivity index (χ0n) is 17.4. The minimum absolute atomic E-state index is 0.000833. The molecule has 1 unspecified atom stereocenters. The van der Waals surface area contributed by atoms with Crippen molar-refractivity contribution in [1.29, 1.82) is 0 Å². The van der Waals surface area contributed by atoms with Gasteiger partial charge in [-0.05, 0) is 36.2 Å². The third kappa shape index (κ3) is 6.91. The maximum Gasteiger partial charge on any atom is 0.490 e. The second-order valence-corrected chi connectivity index (χ2v) is 7.28. The number of hydrogen-bond donors (Lipinski definition) is 2. The van der Waals surface area contributed by atoms with E-state index in [4.69, 9.17) is 14.3 Å². The molecule has 0 saturated carbocycles. The highest BCUT2D eigenvalue weighted by molar-refractivity contribution is 5.80. The highest BCUT2D eigenvalue weighted by atomic mass is 19.4. The molecule has 9 nitrogen and oxygen atoms in total. The normalized spacial score (nSPS) is 15.8. The molecule has 3 aromatic rings. The molecule has 12 heteroatoms.